The van der Waals surface area contributed by atoms with E-state index in [-0.39, 0.29) is 46.7 Å². The molecule has 4 aliphatic rings. The molecule has 0 unspecified atom stereocenters. The number of fused-ring (bicyclic) bond motifs is 2. The predicted octanol–water partition coefficient (Wildman–Crippen LogP) is 6.42. The molecule has 0 radical (unpaired) electrons. The Balaban J connectivity index is 0.000000241. The Morgan fingerprint density at radius 3 is 1.19 bits per heavy atom. The molecule has 0 spiro atoms. The number of aromatic nitrogens is 6. The number of nitrogens with two attached hydrogens (primary N) is 2. The van der Waals surface area contributed by atoms with Crippen molar-refractivity contribution < 1.29 is 93.9 Å². The molecule has 4 aromatic heterocycles. The first kappa shape index (κ1) is 78.9. The van der Waals surface area contributed by atoms with Gasteiger partial charge < -0.3 is 68.2 Å². The standard InChI is InChI=1S/2C34H44N7O10P/c2*1-20(2)31(42)48-28-27(25-12-13-26-30(36)37-19-38-41(25)26)50-34(17-35,29(28)49-32(43)21(3)4)18-46-52(45,51-23-10-8-7-9-11-23)39-22(5)33(44)47-24-14-15-40(6)16-24/h2*7-13,19-22,24,27-29H,14-16,18H2,1-6H3,(H,39,45)(H2,36,37,38)/t22-,24-,27-,28-,29-,34+,52+;22-,24-,27-,28-,29-,34+,52-/m00/s1. The number of carbonyl (C=O) groups is 6. The minimum Gasteiger partial charge on any atom is -0.460 e. The van der Waals surface area contributed by atoms with E-state index in [9.17, 15) is 48.4 Å². The predicted molar refractivity (Wildman–Crippen MR) is 368 cm³/mol. The van der Waals surface area contributed by atoms with Crippen molar-refractivity contribution in [3.8, 4) is 23.6 Å². The smallest absolute Gasteiger partial charge is 0.459 e. The van der Waals surface area contributed by atoms with Gasteiger partial charge >= 0.3 is 51.3 Å². The highest BCUT2D eigenvalue weighted by Gasteiger charge is 2.64. The summed E-state index contributed by atoms with van der Waals surface area (Å²) in [5, 5.41) is 35.5. The zero-order valence-electron chi connectivity index (χ0n) is 59.7. The molecule has 14 atom stereocenters. The van der Waals surface area contributed by atoms with Crippen LogP contribution in [0.1, 0.15) is 106 Å². The fourth-order valence-electron chi connectivity index (χ4n) is 11.4. The molecule has 34 nitrogen and oxygen atoms in total. The van der Waals surface area contributed by atoms with Gasteiger partial charge in [-0.2, -0.15) is 30.9 Å². The van der Waals surface area contributed by atoms with Crippen LogP contribution in [-0.2, 0) is 84.8 Å². The van der Waals surface area contributed by atoms with Gasteiger partial charge in [-0.25, -0.2) is 28.1 Å². The summed E-state index contributed by atoms with van der Waals surface area (Å²) in [6.07, 6.45) is -5.63. The first-order valence-electron chi connectivity index (χ1n) is 33.8. The van der Waals surface area contributed by atoms with Crippen LogP contribution in [0.15, 0.2) is 97.6 Å². The number of rotatable bonds is 28. The molecular weight excluding hydrogens is 1390 g/mol. The summed E-state index contributed by atoms with van der Waals surface area (Å²) in [4.78, 5) is 90.9. The Morgan fingerprint density at radius 1 is 0.529 bits per heavy atom. The molecule has 4 saturated heterocycles. The minimum absolute atomic E-state index is 0.121. The Kier molecular flexibility index (Phi) is 25.6. The Morgan fingerprint density at radius 2 is 0.875 bits per heavy atom. The number of nitrogens with zero attached hydrogens (tertiary/aromatic N) is 10. The Bertz CT molecular complexity index is 3970. The van der Waals surface area contributed by atoms with Crippen molar-refractivity contribution in [1.29, 1.82) is 10.5 Å². The fraction of sp³-hybridized carbons (Fsp3) is 0.529. The highest BCUT2D eigenvalue weighted by atomic mass is 31.2. The van der Waals surface area contributed by atoms with Crippen molar-refractivity contribution in [2.24, 2.45) is 23.7 Å². The van der Waals surface area contributed by atoms with Crippen LogP contribution in [0.25, 0.3) is 11.0 Å². The van der Waals surface area contributed by atoms with E-state index in [1.54, 1.807) is 116 Å². The number of para-hydroxylation sites is 2. The number of likely N-dealkylation sites (tertiary alicyclic amines) is 2. The zero-order valence-corrected chi connectivity index (χ0v) is 61.5. The summed E-state index contributed by atoms with van der Waals surface area (Å²) in [6, 6.07) is 24.2. The third kappa shape index (κ3) is 18.7. The van der Waals surface area contributed by atoms with E-state index in [2.05, 4.69) is 30.3 Å². The Hall–Kier alpha value is -9.18. The highest BCUT2D eigenvalue weighted by Crippen LogP contribution is 2.52. The molecule has 560 valence electrons. The number of benzene rings is 2. The number of esters is 6. The van der Waals surface area contributed by atoms with Crippen LogP contribution in [0.4, 0.5) is 11.6 Å². The SMILES string of the molecule is CC(C)C(=O)O[C@H]1[C@H](c2ccc3c(N)ncnn23)O[C@](C#N)(CO[P@@](=O)(N[C@@H](C)C(=O)O[C@H]2CCN(C)C2)Oc2ccccc2)[C@H]1OC(=O)C(C)C.CC(C)C(=O)O[C@H]1[C@H](c2ccc3c(N)ncnn23)O[C@](C#N)(CO[P@](=O)(N[C@@H](C)C(=O)O[C@H]2CCN(C)C2)Oc2ccccc2)[C@H]1OC(=O)C(C)C. The first-order valence-corrected chi connectivity index (χ1v) is 36.9. The average Bonchev–Trinajstić information content (AvgIpc) is 1.59. The lowest BCUT2D eigenvalue weighted by molar-refractivity contribution is -0.173. The molecule has 4 fully saturated rings. The summed E-state index contributed by atoms with van der Waals surface area (Å²) in [6.45, 7) is 16.6. The van der Waals surface area contributed by atoms with E-state index < -0.39 is 148 Å². The van der Waals surface area contributed by atoms with E-state index in [0.29, 0.717) is 37.0 Å². The lowest BCUT2D eigenvalue weighted by atomic mass is 9.95. The molecule has 10 rings (SSSR count). The van der Waals surface area contributed by atoms with Gasteiger partial charge in [0, 0.05) is 26.2 Å². The number of nitrogens with one attached hydrogen (secondary N) is 2. The van der Waals surface area contributed by atoms with Crippen molar-refractivity contribution in [1.82, 2.24) is 49.2 Å². The minimum atomic E-state index is -4.57. The van der Waals surface area contributed by atoms with E-state index in [1.807, 2.05) is 36.0 Å². The van der Waals surface area contributed by atoms with Crippen LogP contribution < -0.4 is 30.7 Å². The fourth-order valence-corrected chi connectivity index (χ4v) is 14.4. The maximum absolute atomic E-state index is 14.5. The van der Waals surface area contributed by atoms with Gasteiger partial charge in [-0.05, 0) is 89.3 Å². The summed E-state index contributed by atoms with van der Waals surface area (Å²) in [7, 11) is -5.31. The maximum atomic E-state index is 14.5. The molecule has 0 saturated carbocycles. The third-order valence-corrected chi connectivity index (χ3v) is 20.4. The van der Waals surface area contributed by atoms with Gasteiger partial charge in [0.15, 0.2) is 36.1 Å². The molecule has 2 aromatic carbocycles. The molecule has 4 aliphatic heterocycles. The van der Waals surface area contributed by atoms with Gasteiger partial charge in [-0.1, -0.05) is 91.8 Å². The summed E-state index contributed by atoms with van der Waals surface area (Å²) < 4.78 is 103. The van der Waals surface area contributed by atoms with Crippen LogP contribution in [0.2, 0.25) is 0 Å². The molecule has 0 amide bonds. The van der Waals surface area contributed by atoms with Crippen molar-refractivity contribution >= 4 is 74.0 Å². The molecular formula is C68H88N14O20P2. The van der Waals surface area contributed by atoms with E-state index in [4.69, 9.17) is 67.5 Å². The van der Waals surface area contributed by atoms with Crippen molar-refractivity contribution in [2.45, 2.75) is 154 Å². The van der Waals surface area contributed by atoms with Crippen molar-refractivity contribution in [2.75, 3.05) is 65.0 Å². The lowest BCUT2D eigenvalue weighted by Gasteiger charge is -2.31. The van der Waals surface area contributed by atoms with Gasteiger partial charge in [0.25, 0.3) is 0 Å². The number of hydrogen-bond donors (Lipinski definition) is 4. The second-order valence-corrected chi connectivity index (χ2v) is 30.3. The van der Waals surface area contributed by atoms with Gasteiger partial charge in [0.1, 0.15) is 97.0 Å². The summed E-state index contributed by atoms with van der Waals surface area (Å²) in [5.74, 6) is -6.24. The van der Waals surface area contributed by atoms with Crippen LogP contribution in [-0.4, -0.2) is 188 Å². The zero-order chi connectivity index (χ0) is 75.6. The van der Waals surface area contributed by atoms with E-state index >= 15 is 0 Å². The quantitative estimate of drug-likeness (QED) is 0.0234. The van der Waals surface area contributed by atoms with Gasteiger partial charge in [0.2, 0.25) is 11.2 Å². The molecule has 104 heavy (non-hydrogen) atoms. The van der Waals surface area contributed by atoms with Crippen LogP contribution in [0.3, 0.4) is 0 Å². The Labute approximate surface area is 600 Å². The number of hydrogen-bond acceptors (Lipinski definition) is 30. The second-order valence-electron chi connectivity index (χ2n) is 26.9. The van der Waals surface area contributed by atoms with Crippen LogP contribution in [0.5, 0.6) is 11.5 Å². The highest BCUT2D eigenvalue weighted by molar-refractivity contribution is 7.52. The van der Waals surface area contributed by atoms with Crippen molar-refractivity contribution in [3.05, 3.63) is 109 Å². The number of anilines is 2. The largest absolute Gasteiger partial charge is 0.460 e. The van der Waals surface area contributed by atoms with Gasteiger partial charge in [0.05, 0.1) is 35.1 Å². The second kappa shape index (κ2) is 33.7. The molecule has 0 bridgehead atoms. The molecule has 36 heteroatoms. The normalized spacial score (nSPS) is 25.1. The molecule has 6 aromatic rings. The number of nitriles is 2. The molecule has 8 heterocycles. The summed E-state index contributed by atoms with van der Waals surface area (Å²) >= 11 is 0. The van der Waals surface area contributed by atoms with E-state index in [1.165, 1.54) is 59.8 Å². The molecule has 0 aliphatic carbocycles. The average molecular weight is 1480 g/mol. The topological polar surface area (TPSA) is 438 Å². The number of carbonyl (C=O) groups excluding carboxylic acids is 6. The first-order chi connectivity index (χ1) is 49.3. The van der Waals surface area contributed by atoms with Crippen LogP contribution in [0, 0.1) is 46.3 Å². The van der Waals surface area contributed by atoms with Crippen molar-refractivity contribution in [3.63, 3.8) is 0 Å². The van der Waals surface area contributed by atoms with Gasteiger partial charge in [-0.3, -0.25) is 37.8 Å². The van der Waals surface area contributed by atoms with Gasteiger partial charge in [-0.15, -0.1) is 0 Å². The monoisotopic (exact) mass is 1480 g/mol. The number of likely N-dealkylation sites (N-methyl/N-ethyl adjacent to an activating group) is 2. The lowest BCUT2D eigenvalue weighted by Crippen LogP contribution is -2.50. The van der Waals surface area contributed by atoms with Crippen LogP contribution >= 0.6 is 15.5 Å². The third-order valence-electron chi connectivity index (χ3n) is 17.2. The summed E-state index contributed by atoms with van der Waals surface area (Å²) in [5.41, 5.74) is 8.99. The number of nitrogen functional groups attached to an aromatic ring is 2. The van der Waals surface area contributed by atoms with E-state index in [0.717, 1.165) is 13.1 Å². The maximum Gasteiger partial charge on any atom is 0.459 e. The number of ether oxygens (including phenoxy) is 8. The molecule has 6 N–H and O–H groups in total.